The Morgan fingerprint density at radius 3 is 2.50 bits per heavy atom. The Morgan fingerprint density at radius 1 is 1.23 bits per heavy atom. The number of nitrogens with zero attached hydrogens (tertiary/aromatic N) is 2. The molecule has 1 aromatic heterocycles. The molecule has 0 aliphatic rings. The number of carbonyl (C=O) groups is 1. The third-order valence-corrected chi connectivity index (χ3v) is 3.93. The number of nitrogens with one attached hydrogen (secondary N) is 1. The minimum Gasteiger partial charge on any atom is -0.411 e. The molecule has 0 saturated carbocycles. The summed E-state index contributed by atoms with van der Waals surface area (Å²) < 4.78 is 5.63. The summed E-state index contributed by atoms with van der Waals surface area (Å²) in [4.78, 5) is 10.8. The van der Waals surface area contributed by atoms with E-state index in [-0.39, 0.29) is 11.3 Å². The van der Waals surface area contributed by atoms with Crippen molar-refractivity contribution in [3.8, 4) is 11.5 Å². The Morgan fingerprint density at radius 2 is 1.91 bits per heavy atom. The summed E-state index contributed by atoms with van der Waals surface area (Å²) in [6.07, 6.45) is 0. The van der Waals surface area contributed by atoms with Gasteiger partial charge >= 0.3 is 0 Å². The van der Waals surface area contributed by atoms with E-state index in [2.05, 4.69) is 48.4 Å². The van der Waals surface area contributed by atoms with Crippen molar-refractivity contribution in [2.24, 2.45) is 0 Å². The Labute approximate surface area is 134 Å². The summed E-state index contributed by atoms with van der Waals surface area (Å²) in [5.41, 5.74) is 2.30. The molecule has 1 heterocycles. The number of thioether (sulfide) groups is 1. The molecule has 0 atom stereocenters. The van der Waals surface area contributed by atoms with Gasteiger partial charge in [0.1, 0.15) is 0 Å². The van der Waals surface area contributed by atoms with Crippen LogP contribution in [-0.2, 0) is 10.2 Å². The fourth-order valence-electron chi connectivity index (χ4n) is 1.86. The fraction of sp³-hybridized carbons (Fsp3) is 0.438. The third-order valence-electron chi connectivity index (χ3n) is 3.11. The fourth-order valence-corrected chi connectivity index (χ4v) is 2.48. The molecule has 118 valence electrons. The van der Waals surface area contributed by atoms with E-state index in [0.29, 0.717) is 23.4 Å². The first kappa shape index (κ1) is 16.5. The molecule has 0 aliphatic carbocycles. The molecule has 0 spiro atoms. The zero-order chi connectivity index (χ0) is 16.2. The minimum atomic E-state index is -0.0363. The molecule has 1 amide bonds. The van der Waals surface area contributed by atoms with Gasteiger partial charge in [0.05, 0.1) is 0 Å². The van der Waals surface area contributed by atoms with Gasteiger partial charge in [-0.2, -0.15) is 0 Å². The maximum absolute atomic E-state index is 10.8. The van der Waals surface area contributed by atoms with E-state index in [1.807, 2.05) is 12.1 Å². The van der Waals surface area contributed by atoms with Crippen molar-refractivity contribution in [1.29, 1.82) is 0 Å². The number of hydrogen-bond acceptors (Lipinski definition) is 5. The molecule has 0 bridgehead atoms. The van der Waals surface area contributed by atoms with Gasteiger partial charge in [-0.3, -0.25) is 4.79 Å². The summed E-state index contributed by atoms with van der Waals surface area (Å²) in [7, 11) is 0. The molecule has 22 heavy (non-hydrogen) atoms. The lowest BCUT2D eigenvalue weighted by atomic mass is 9.87. The summed E-state index contributed by atoms with van der Waals surface area (Å²) in [6.45, 7) is 8.62. The van der Waals surface area contributed by atoms with Gasteiger partial charge in [-0.1, -0.05) is 44.7 Å². The predicted octanol–water partition coefficient (Wildman–Crippen LogP) is 3.26. The number of amides is 1. The lowest BCUT2D eigenvalue weighted by Gasteiger charge is -2.18. The van der Waals surface area contributed by atoms with Gasteiger partial charge in [-0.25, -0.2) is 0 Å². The average Bonchev–Trinajstić information content (AvgIpc) is 2.91. The van der Waals surface area contributed by atoms with Crippen LogP contribution in [0.25, 0.3) is 11.5 Å². The van der Waals surface area contributed by atoms with Crippen LogP contribution in [0, 0.1) is 0 Å². The van der Waals surface area contributed by atoms with E-state index >= 15 is 0 Å². The van der Waals surface area contributed by atoms with Gasteiger partial charge in [0, 0.05) is 24.8 Å². The average molecular weight is 319 g/mol. The minimum absolute atomic E-state index is 0.0363. The highest BCUT2D eigenvalue weighted by Gasteiger charge is 2.14. The highest BCUT2D eigenvalue weighted by molar-refractivity contribution is 7.99. The summed E-state index contributed by atoms with van der Waals surface area (Å²) in [5.74, 6) is 1.18. The van der Waals surface area contributed by atoms with Crippen molar-refractivity contribution in [2.75, 3.05) is 12.3 Å². The van der Waals surface area contributed by atoms with E-state index in [0.717, 1.165) is 5.56 Å². The lowest BCUT2D eigenvalue weighted by molar-refractivity contribution is -0.118. The van der Waals surface area contributed by atoms with E-state index in [1.165, 1.54) is 24.2 Å². The van der Waals surface area contributed by atoms with Crippen LogP contribution in [0.4, 0.5) is 0 Å². The first-order valence-corrected chi connectivity index (χ1v) is 8.16. The Balaban J connectivity index is 1.97. The lowest BCUT2D eigenvalue weighted by Crippen LogP contribution is -2.22. The number of carbonyl (C=O) groups excluding carboxylic acids is 1. The van der Waals surface area contributed by atoms with Crippen LogP contribution in [0.3, 0.4) is 0 Å². The second kappa shape index (κ2) is 6.96. The van der Waals surface area contributed by atoms with Gasteiger partial charge in [0.15, 0.2) is 0 Å². The predicted molar refractivity (Wildman–Crippen MR) is 87.8 cm³/mol. The molecular weight excluding hydrogens is 298 g/mol. The van der Waals surface area contributed by atoms with E-state index in [9.17, 15) is 4.79 Å². The van der Waals surface area contributed by atoms with Gasteiger partial charge in [-0.05, 0) is 23.1 Å². The normalized spacial score (nSPS) is 11.5. The number of benzene rings is 1. The van der Waals surface area contributed by atoms with E-state index < -0.39 is 0 Å². The van der Waals surface area contributed by atoms with Crippen LogP contribution in [-0.4, -0.2) is 28.4 Å². The van der Waals surface area contributed by atoms with Gasteiger partial charge < -0.3 is 9.73 Å². The molecular formula is C16H21N3O2S. The molecule has 5 nitrogen and oxygen atoms in total. The molecule has 6 heteroatoms. The maximum Gasteiger partial charge on any atom is 0.276 e. The quantitative estimate of drug-likeness (QED) is 0.677. The van der Waals surface area contributed by atoms with Crippen molar-refractivity contribution in [1.82, 2.24) is 15.5 Å². The summed E-state index contributed by atoms with van der Waals surface area (Å²) in [5, 5.41) is 11.3. The Hall–Kier alpha value is -1.82. The first-order chi connectivity index (χ1) is 10.4. The Bertz CT molecular complexity index is 630. The topological polar surface area (TPSA) is 68.0 Å². The largest absolute Gasteiger partial charge is 0.411 e. The van der Waals surface area contributed by atoms with Crippen LogP contribution < -0.4 is 5.32 Å². The van der Waals surface area contributed by atoms with E-state index in [4.69, 9.17) is 4.42 Å². The number of hydrogen-bond donors (Lipinski definition) is 1. The molecule has 2 rings (SSSR count). The highest BCUT2D eigenvalue weighted by atomic mass is 32.2. The van der Waals surface area contributed by atoms with Crippen LogP contribution in [0.15, 0.2) is 33.9 Å². The number of rotatable bonds is 5. The van der Waals surface area contributed by atoms with Crippen molar-refractivity contribution < 1.29 is 9.21 Å². The molecule has 0 unspecified atom stereocenters. The van der Waals surface area contributed by atoms with Crippen LogP contribution in [0.1, 0.15) is 33.3 Å². The number of aromatic nitrogens is 2. The standard InChI is InChI=1S/C16H21N3O2S/c1-11(20)17-9-10-22-15-19-18-14(21-15)12-5-7-13(8-6-12)16(2,3)4/h5-8H,9-10H2,1-4H3,(H,17,20). The molecule has 0 aliphatic heterocycles. The highest BCUT2D eigenvalue weighted by Crippen LogP contribution is 2.27. The van der Waals surface area contributed by atoms with Crippen molar-refractivity contribution in [2.45, 2.75) is 38.3 Å². The third kappa shape index (κ3) is 4.59. The molecule has 0 radical (unpaired) electrons. The monoisotopic (exact) mass is 319 g/mol. The second-order valence-electron chi connectivity index (χ2n) is 6.03. The van der Waals surface area contributed by atoms with Crippen LogP contribution in [0.5, 0.6) is 0 Å². The van der Waals surface area contributed by atoms with Crippen molar-refractivity contribution in [3.63, 3.8) is 0 Å². The zero-order valence-electron chi connectivity index (χ0n) is 13.3. The van der Waals surface area contributed by atoms with Crippen molar-refractivity contribution >= 4 is 17.7 Å². The van der Waals surface area contributed by atoms with Crippen molar-refractivity contribution in [3.05, 3.63) is 29.8 Å². The summed E-state index contributed by atoms with van der Waals surface area (Å²) in [6, 6.07) is 8.17. The van der Waals surface area contributed by atoms with E-state index in [1.54, 1.807) is 0 Å². The SMILES string of the molecule is CC(=O)NCCSc1nnc(-c2ccc(C(C)(C)C)cc2)o1. The van der Waals surface area contributed by atoms with Crippen LogP contribution >= 0.6 is 11.8 Å². The van der Waals surface area contributed by atoms with Gasteiger partial charge in [0.2, 0.25) is 11.8 Å². The molecule has 1 aromatic carbocycles. The Kier molecular flexibility index (Phi) is 5.24. The van der Waals surface area contributed by atoms with Gasteiger partial charge in [0.25, 0.3) is 5.22 Å². The smallest absolute Gasteiger partial charge is 0.276 e. The molecule has 0 saturated heterocycles. The molecule has 1 N–H and O–H groups in total. The summed E-state index contributed by atoms with van der Waals surface area (Å²) >= 11 is 1.43. The maximum atomic E-state index is 10.8. The zero-order valence-corrected chi connectivity index (χ0v) is 14.2. The van der Waals surface area contributed by atoms with Crippen LogP contribution in [0.2, 0.25) is 0 Å². The second-order valence-corrected chi connectivity index (χ2v) is 7.08. The van der Waals surface area contributed by atoms with Gasteiger partial charge in [-0.15, -0.1) is 10.2 Å². The first-order valence-electron chi connectivity index (χ1n) is 7.18. The molecule has 0 fully saturated rings. The molecule has 2 aromatic rings.